The second-order valence-electron chi connectivity index (χ2n) is 5.55. The number of Topliss-reactive ketones (excluding diaryl/α,β-unsaturated/α-hetero) is 1. The number of fused-ring (bicyclic) bond motifs is 1. The Labute approximate surface area is 116 Å². The first kappa shape index (κ1) is 15.5. The molecular formula is C16H25NO2. The highest BCUT2D eigenvalue weighted by Crippen LogP contribution is 2.35. The van der Waals surface area contributed by atoms with Crippen molar-refractivity contribution < 1.29 is 9.53 Å². The maximum atomic E-state index is 11.8. The van der Waals surface area contributed by atoms with Gasteiger partial charge in [-0.2, -0.15) is 0 Å². The van der Waals surface area contributed by atoms with E-state index in [2.05, 4.69) is 25.2 Å². The summed E-state index contributed by atoms with van der Waals surface area (Å²) in [5, 5.41) is 3.14. The Morgan fingerprint density at radius 2 is 1.84 bits per heavy atom. The maximum absolute atomic E-state index is 11.8. The van der Waals surface area contributed by atoms with E-state index >= 15 is 0 Å². The molecule has 1 heterocycles. The molecule has 19 heavy (non-hydrogen) atoms. The summed E-state index contributed by atoms with van der Waals surface area (Å²) in [7, 11) is 0. The van der Waals surface area contributed by atoms with Crippen LogP contribution < -0.4 is 10.1 Å². The van der Waals surface area contributed by atoms with Gasteiger partial charge in [0, 0.05) is 0 Å². The summed E-state index contributed by atoms with van der Waals surface area (Å²) >= 11 is 0. The molecule has 1 N–H and O–H groups in total. The van der Waals surface area contributed by atoms with Gasteiger partial charge in [0.15, 0.2) is 11.4 Å². The highest BCUT2D eigenvalue weighted by atomic mass is 16.5. The van der Waals surface area contributed by atoms with Crippen LogP contribution in [0.25, 0.3) is 0 Å². The largest absolute Gasteiger partial charge is 0.478 e. The summed E-state index contributed by atoms with van der Waals surface area (Å²) in [5.41, 5.74) is 2.39. The van der Waals surface area contributed by atoms with Gasteiger partial charge in [-0.25, -0.2) is 0 Å². The van der Waals surface area contributed by atoms with E-state index in [1.165, 1.54) is 12.0 Å². The molecule has 1 aliphatic heterocycles. The van der Waals surface area contributed by atoms with Crippen molar-refractivity contribution in [3.05, 3.63) is 23.3 Å². The molecule has 0 spiro atoms. The molecule has 0 saturated heterocycles. The van der Waals surface area contributed by atoms with Gasteiger partial charge < -0.3 is 10.1 Å². The van der Waals surface area contributed by atoms with Gasteiger partial charge in [-0.05, 0) is 44.9 Å². The number of rotatable bonds is 0. The second-order valence-corrected chi connectivity index (χ2v) is 5.55. The maximum Gasteiger partial charge on any atom is 0.194 e. The van der Waals surface area contributed by atoms with Crippen LogP contribution in [0.15, 0.2) is 12.1 Å². The van der Waals surface area contributed by atoms with E-state index in [4.69, 9.17) is 4.74 Å². The fraction of sp³-hybridized carbons (Fsp3) is 0.562. The zero-order valence-corrected chi connectivity index (χ0v) is 12.9. The van der Waals surface area contributed by atoms with Gasteiger partial charge in [-0.15, -0.1) is 0 Å². The molecule has 0 radical (unpaired) electrons. The fourth-order valence-electron chi connectivity index (χ4n) is 1.92. The van der Waals surface area contributed by atoms with Crippen molar-refractivity contribution in [2.75, 3.05) is 11.9 Å². The first-order valence-corrected chi connectivity index (χ1v) is 6.89. The molecule has 1 aliphatic rings. The zero-order chi connectivity index (χ0) is 14.6. The molecule has 1 aromatic carbocycles. The van der Waals surface area contributed by atoms with Crippen molar-refractivity contribution in [3.63, 3.8) is 0 Å². The average Bonchev–Trinajstić information content (AvgIpc) is 2.40. The number of nitrogens with one attached hydrogen (secondary N) is 1. The van der Waals surface area contributed by atoms with Gasteiger partial charge in [0.2, 0.25) is 0 Å². The van der Waals surface area contributed by atoms with E-state index in [1.54, 1.807) is 0 Å². The van der Waals surface area contributed by atoms with E-state index in [1.807, 2.05) is 33.8 Å². The molecule has 0 fully saturated rings. The van der Waals surface area contributed by atoms with E-state index < -0.39 is 5.60 Å². The number of aryl methyl sites for hydroxylation is 2. The molecule has 0 amide bonds. The lowest BCUT2D eigenvalue weighted by Gasteiger charge is -2.23. The van der Waals surface area contributed by atoms with Crippen LogP contribution in [0.3, 0.4) is 0 Å². The molecule has 1 aromatic rings. The van der Waals surface area contributed by atoms with Crippen molar-refractivity contribution in [1.29, 1.82) is 0 Å². The molecule has 0 aliphatic carbocycles. The molecular weight excluding hydrogens is 238 g/mol. The van der Waals surface area contributed by atoms with Crippen LogP contribution >= 0.6 is 0 Å². The van der Waals surface area contributed by atoms with Gasteiger partial charge in [0.25, 0.3) is 0 Å². The number of ketones is 1. The predicted molar refractivity (Wildman–Crippen MR) is 80.1 cm³/mol. The Morgan fingerprint density at radius 1 is 1.26 bits per heavy atom. The Hall–Kier alpha value is -1.51. The molecule has 0 aromatic heterocycles. The van der Waals surface area contributed by atoms with Gasteiger partial charge in [-0.1, -0.05) is 26.3 Å². The minimum atomic E-state index is -0.752. The first-order valence-electron chi connectivity index (χ1n) is 6.89. The minimum absolute atomic E-state index is 0.0701. The Bertz CT molecular complexity index is 464. The predicted octanol–water partition coefficient (Wildman–Crippen LogP) is 3.87. The molecule has 3 nitrogen and oxygen atoms in total. The fourth-order valence-corrected chi connectivity index (χ4v) is 1.92. The van der Waals surface area contributed by atoms with Gasteiger partial charge >= 0.3 is 0 Å². The van der Waals surface area contributed by atoms with Gasteiger partial charge in [-0.3, -0.25) is 4.79 Å². The normalized spacial score (nSPS) is 16.2. The smallest absolute Gasteiger partial charge is 0.194 e. The quantitative estimate of drug-likeness (QED) is 0.772. The van der Waals surface area contributed by atoms with E-state index in [9.17, 15) is 4.79 Å². The Kier molecular flexibility index (Phi) is 4.98. The van der Waals surface area contributed by atoms with Crippen LogP contribution in [-0.2, 0) is 4.79 Å². The molecule has 2 rings (SSSR count). The number of hydrogen-bond donors (Lipinski definition) is 1. The molecule has 0 bridgehead atoms. The highest BCUT2D eigenvalue weighted by Gasteiger charge is 2.33. The van der Waals surface area contributed by atoms with Crippen LogP contribution in [0.2, 0.25) is 0 Å². The monoisotopic (exact) mass is 263 g/mol. The Balaban J connectivity index is 0.000000550. The standard InChI is InChI=1S/C13H17NO2.C3H8/c1-8-5-9(2)12-10(6-8)14-7-11(15)13(3,4)16-12;1-3-2/h5-6,14H,7H2,1-4H3;3H2,1-2H3. The summed E-state index contributed by atoms with van der Waals surface area (Å²) in [6, 6.07) is 4.07. The van der Waals surface area contributed by atoms with Gasteiger partial charge in [0.1, 0.15) is 5.75 Å². The van der Waals surface area contributed by atoms with Crippen LogP contribution in [0.4, 0.5) is 5.69 Å². The van der Waals surface area contributed by atoms with E-state index in [0.717, 1.165) is 17.0 Å². The van der Waals surface area contributed by atoms with Crippen LogP contribution in [0, 0.1) is 13.8 Å². The lowest BCUT2D eigenvalue weighted by molar-refractivity contribution is -0.129. The van der Waals surface area contributed by atoms with E-state index in [0.29, 0.717) is 6.54 Å². The van der Waals surface area contributed by atoms with Gasteiger partial charge in [0.05, 0.1) is 12.2 Å². The topological polar surface area (TPSA) is 38.3 Å². The third-order valence-corrected chi connectivity index (χ3v) is 2.89. The van der Waals surface area contributed by atoms with Crippen molar-refractivity contribution in [2.45, 2.75) is 53.6 Å². The average molecular weight is 263 g/mol. The lowest BCUT2D eigenvalue weighted by Crippen LogP contribution is -2.40. The number of carbonyl (C=O) groups is 1. The molecule has 0 saturated carbocycles. The van der Waals surface area contributed by atoms with Crippen LogP contribution in [0.5, 0.6) is 5.75 Å². The molecule has 0 atom stereocenters. The van der Waals surface area contributed by atoms with Crippen molar-refractivity contribution in [2.24, 2.45) is 0 Å². The number of benzene rings is 1. The first-order chi connectivity index (χ1) is 8.81. The number of anilines is 1. The zero-order valence-electron chi connectivity index (χ0n) is 12.9. The molecule has 3 heteroatoms. The number of carbonyl (C=O) groups excluding carboxylic acids is 1. The third kappa shape index (κ3) is 3.72. The summed E-state index contributed by atoms with van der Waals surface area (Å²) in [4.78, 5) is 11.8. The summed E-state index contributed by atoms with van der Waals surface area (Å²) < 4.78 is 5.83. The highest BCUT2D eigenvalue weighted by molar-refractivity contribution is 5.92. The summed E-state index contributed by atoms with van der Waals surface area (Å²) in [6.07, 6.45) is 1.25. The summed E-state index contributed by atoms with van der Waals surface area (Å²) in [5.74, 6) is 0.863. The molecule has 0 unspecified atom stereocenters. The molecule has 106 valence electrons. The lowest BCUT2D eigenvalue weighted by atomic mass is 10.0. The van der Waals surface area contributed by atoms with Crippen LogP contribution in [0.1, 0.15) is 45.2 Å². The van der Waals surface area contributed by atoms with Crippen molar-refractivity contribution in [3.8, 4) is 5.75 Å². The third-order valence-electron chi connectivity index (χ3n) is 2.89. The van der Waals surface area contributed by atoms with E-state index in [-0.39, 0.29) is 5.78 Å². The van der Waals surface area contributed by atoms with Crippen molar-refractivity contribution in [1.82, 2.24) is 0 Å². The summed E-state index contributed by atoms with van der Waals surface area (Å²) in [6.45, 7) is 12.2. The van der Waals surface area contributed by atoms with Crippen molar-refractivity contribution >= 4 is 11.5 Å². The minimum Gasteiger partial charge on any atom is -0.478 e. The number of ether oxygens (including phenoxy) is 1. The second kappa shape index (κ2) is 6.09. The number of hydrogen-bond acceptors (Lipinski definition) is 3. The SMILES string of the molecule is CCC.Cc1cc(C)c2c(c1)NCC(=O)C(C)(C)O2. The van der Waals surface area contributed by atoms with Crippen LogP contribution in [-0.4, -0.2) is 17.9 Å². The Morgan fingerprint density at radius 3 is 2.42 bits per heavy atom.